The minimum atomic E-state index is -0.124. The minimum absolute atomic E-state index is 0.124. The van der Waals surface area contributed by atoms with Crippen molar-refractivity contribution in [1.29, 1.82) is 0 Å². The molecule has 2 atom stereocenters. The molecule has 1 aromatic heterocycles. The van der Waals surface area contributed by atoms with Gasteiger partial charge in [0.1, 0.15) is 5.82 Å². The lowest BCUT2D eigenvalue weighted by Crippen LogP contribution is -2.41. The maximum atomic E-state index is 6.32. The number of hydrogen-bond donors (Lipinski definition) is 2. The van der Waals surface area contributed by atoms with Gasteiger partial charge in [-0.05, 0) is 51.5 Å². The van der Waals surface area contributed by atoms with Gasteiger partial charge >= 0.3 is 6.01 Å². The lowest BCUT2D eigenvalue weighted by molar-refractivity contribution is 0.161. The molecule has 3 aliphatic rings. The fourth-order valence-electron chi connectivity index (χ4n) is 3.62. The van der Waals surface area contributed by atoms with Gasteiger partial charge in [0.25, 0.3) is 0 Å². The van der Waals surface area contributed by atoms with Crippen molar-refractivity contribution in [2.24, 2.45) is 0 Å². The van der Waals surface area contributed by atoms with Crippen LogP contribution in [0.3, 0.4) is 0 Å². The van der Waals surface area contributed by atoms with Gasteiger partial charge in [-0.15, -0.1) is 11.8 Å². The third-order valence-electron chi connectivity index (χ3n) is 4.99. The number of fused-ring (bicyclic) bond motifs is 1. The van der Waals surface area contributed by atoms with Crippen molar-refractivity contribution in [3.63, 3.8) is 0 Å². The average molecular weight is 334 g/mol. The molecule has 0 spiro atoms. The van der Waals surface area contributed by atoms with Crippen LogP contribution in [-0.4, -0.2) is 39.8 Å². The lowest BCUT2D eigenvalue weighted by atomic mass is 9.96. The van der Waals surface area contributed by atoms with E-state index in [1.165, 1.54) is 36.9 Å². The zero-order valence-corrected chi connectivity index (χ0v) is 14.7. The third kappa shape index (κ3) is 3.15. The highest BCUT2D eigenvalue weighted by Crippen LogP contribution is 2.50. The van der Waals surface area contributed by atoms with E-state index in [1.54, 1.807) is 0 Å². The standard InChI is InChI=1S/C17H26N4OS/c1-2-9-19-15-12-6-3-4-7-13(12)20-16(21-15)22-17(11-23-17)14-8-5-10-18-14/h14,18H,2-11H2,1H3,(H,19,20,21)/t14-,17?/m0/s1. The summed E-state index contributed by atoms with van der Waals surface area (Å²) in [5.74, 6) is 2.05. The van der Waals surface area contributed by atoms with Crippen LogP contribution in [0.15, 0.2) is 0 Å². The molecule has 2 N–H and O–H groups in total. The summed E-state index contributed by atoms with van der Waals surface area (Å²) in [6.07, 6.45) is 8.14. The number of anilines is 1. The summed E-state index contributed by atoms with van der Waals surface area (Å²) >= 11 is 1.88. The van der Waals surface area contributed by atoms with E-state index in [0.717, 1.165) is 43.9 Å². The van der Waals surface area contributed by atoms with Crippen LogP contribution in [0.4, 0.5) is 5.82 Å². The predicted octanol–water partition coefficient (Wildman–Crippen LogP) is 2.75. The molecule has 6 heteroatoms. The van der Waals surface area contributed by atoms with Crippen LogP contribution in [0.2, 0.25) is 0 Å². The summed E-state index contributed by atoms with van der Waals surface area (Å²) in [5.41, 5.74) is 2.51. The van der Waals surface area contributed by atoms with Crippen molar-refractivity contribution in [3.8, 4) is 6.01 Å². The predicted molar refractivity (Wildman–Crippen MR) is 94.3 cm³/mol. The number of ether oxygens (including phenoxy) is 1. The number of hydrogen-bond acceptors (Lipinski definition) is 6. The van der Waals surface area contributed by atoms with E-state index in [4.69, 9.17) is 14.7 Å². The summed E-state index contributed by atoms with van der Waals surface area (Å²) in [6, 6.07) is 1.02. The first-order valence-corrected chi connectivity index (χ1v) is 9.99. The second-order valence-electron chi connectivity index (χ2n) is 6.77. The van der Waals surface area contributed by atoms with Crippen LogP contribution in [0.25, 0.3) is 0 Å². The topological polar surface area (TPSA) is 59.1 Å². The van der Waals surface area contributed by atoms with Crippen molar-refractivity contribution in [1.82, 2.24) is 15.3 Å². The molecule has 0 saturated carbocycles. The average Bonchev–Trinajstić information content (AvgIpc) is 3.13. The third-order valence-corrected chi connectivity index (χ3v) is 6.21. The normalized spacial score (nSPS) is 29.2. The number of nitrogens with zero attached hydrogens (tertiary/aromatic N) is 2. The van der Waals surface area contributed by atoms with Gasteiger partial charge in [-0.1, -0.05) is 6.92 Å². The molecule has 2 fully saturated rings. The van der Waals surface area contributed by atoms with Crippen molar-refractivity contribution in [3.05, 3.63) is 11.3 Å². The molecule has 0 radical (unpaired) electrons. The summed E-state index contributed by atoms with van der Waals surface area (Å²) in [7, 11) is 0. The van der Waals surface area contributed by atoms with E-state index in [0.29, 0.717) is 12.1 Å². The van der Waals surface area contributed by atoms with Crippen molar-refractivity contribution >= 4 is 17.6 Å². The Kier molecular flexibility index (Phi) is 4.37. The van der Waals surface area contributed by atoms with E-state index in [2.05, 4.69) is 17.6 Å². The molecule has 4 rings (SSSR count). The van der Waals surface area contributed by atoms with E-state index in [-0.39, 0.29) is 4.93 Å². The Morgan fingerprint density at radius 1 is 1.30 bits per heavy atom. The quantitative estimate of drug-likeness (QED) is 0.780. The largest absolute Gasteiger partial charge is 0.443 e. The molecular weight excluding hydrogens is 308 g/mol. The molecule has 5 nitrogen and oxygen atoms in total. The summed E-state index contributed by atoms with van der Waals surface area (Å²) < 4.78 is 6.32. The SMILES string of the molecule is CCCNc1nc(OC2([C@@H]3CCCN3)CS2)nc2c1CCCC2. The van der Waals surface area contributed by atoms with Gasteiger partial charge in [-0.2, -0.15) is 9.97 Å². The van der Waals surface area contributed by atoms with E-state index < -0.39 is 0 Å². The zero-order chi connectivity index (χ0) is 15.7. The molecule has 2 aliphatic heterocycles. The number of thioether (sulfide) groups is 1. The van der Waals surface area contributed by atoms with Gasteiger partial charge in [-0.25, -0.2) is 0 Å². The first-order chi connectivity index (χ1) is 11.3. The molecule has 3 heterocycles. The molecule has 1 aliphatic carbocycles. The highest BCUT2D eigenvalue weighted by molar-refractivity contribution is 8.07. The monoisotopic (exact) mass is 334 g/mol. The first-order valence-electron chi connectivity index (χ1n) is 9.01. The molecular formula is C17H26N4OS. The van der Waals surface area contributed by atoms with Crippen LogP contribution < -0.4 is 15.4 Å². The molecule has 1 aromatic rings. The zero-order valence-electron chi connectivity index (χ0n) is 13.9. The molecule has 1 unspecified atom stereocenters. The maximum absolute atomic E-state index is 6.32. The molecule has 0 aromatic carbocycles. The van der Waals surface area contributed by atoms with E-state index in [1.807, 2.05) is 11.8 Å². The minimum Gasteiger partial charge on any atom is -0.443 e. The van der Waals surface area contributed by atoms with E-state index >= 15 is 0 Å². The second kappa shape index (κ2) is 6.48. The fraction of sp³-hybridized carbons (Fsp3) is 0.765. The number of nitrogens with one attached hydrogen (secondary N) is 2. The lowest BCUT2D eigenvalue weighted by Gasteiger charge is -2.24. The molecule has 23 heavy (non-hydrogen) atoms. The fourth-order valence-corrected chi connectivity index (χ4v) is 4.56. The van der Waals surface area contributed by atoms with Crippen LogP contribution in [0, 0.1) is 0 Å². The van der Waals surface area contributed by atoms with Gasteiger partial charge in [0.15, 0.2) is 4.93 Å². The van der Waals surface area contributed by atoms with Crippen LogP contribution in [0.5, 0.6) is 6.01 Å². The van der Waals surface area contributed by atoms with Crippen molar-refractivity contribution in [2.45, 2.75) is 62.8 Å². The Hall–Kier alpha value is -1.01. The highest BCUT2D eigenvalue weighted by Gasteiger charge is 2.55. The Bertz CT molecular complexity index is 570. The molecule has 126 valence electrons. The number of aryl methyl sites for hydroxylation is 1. The Labute approximate surface area is 142 Å². The Balaban J connectivity index is 1.58. The summed E-state index contributed by atoms with van der Waals surface area (Å²) in [4.78, 5) is 9.38. The summed E-state index contributed by atoms with van der Waals surface area (Å²) in [5, 5.41) is 7.06. The van der Waals surface area contributed by atoms with Gasteiger partial charge in [0.2, 0.25) is 0 Å². The Morgan fingerprint density at radius 3 is 2.91 bits per heavy atom. The van der Waals surface area contributed by atoms with Crippen molar-refractivity contribution in [2.75, 3.05) is 24.2 Å². The number of rotatable bonds is 6. The number of aromatic nitrogens is 2. The first kappa shape index (κ1) is 15.5. The van der Waals surface area contributed by atoms with Gasteiger partial charge in [0.05, 0.1) is 11.7 Å². The van der Waals surface area contributed by atoms with Gasteiger partial charge in [0, 0.05) is 17.9 Å². The molecule has 0 bridgehead atoms. The maximum Gasteiger partial charge on any atom is 0.320 e. The smallest absolute Gasteiger partial charge is 0.320 e. The summed E-state index contributed by atoms with van der Waals surface area (Å²) in [6.45, 7) is 4.23. The second-order valence-corrected chi connectivity index (χ2v) is 8.03. The highest BCUT2D eigenvalue weighted by atomic mass is 32.2. The molecule has 0 amide bonds. The van der Waals surface area contributed by atoms with Crippen molar-refractivity contribution < 1.29 is 4.74 Å². The van der Waals surface area contributed by atoms with Gasteiger partial charge in [-0.3, -0.25) is 0 Å². The van der Waals surface area contributed by atoms with Crippen LogP contribution in [-0.2, 0) is 12.8 Å². The van der Waals surface area contributed by atoms with E-state index in [9.17, 15) is 0 Å². The van der Waals surface area contributed by atoms with Crippen LogP contribution >= 0.6 is 11.8 Å². The molecule has 2 saturated heterocycles. The van der Waals surface area contributed by atoms with Gasteiger partial charge < -0.3 is 15.4 Å². The van der Waals surface area contributed by atoms with Crippen LogP contribution in [0.1, 0.15) is 50.3 Å². The Morgan fingerprint density at radius 2 is 2.17 bits per heavy atom.